The van der Waals surface area contributed by atoms with Crippen LogP contribution in [-0.2, 0) is 0 Å². The van der Waals surface area contributed by atoms with Crippen LogP contribution in [0.15, 0.2) is 18.2 Å². The molecular formula is C11H16N4O2. The number of aryl methyl sites for hydroxylation is 1. The average Bonchev–Trinajstić information content (AvgIpc) is 2.28. The minimum absolute atomic E-state index is 0.337. The van der Waals surface area contributed by atoms with Crippen molar-refractivity contribution < 1.29 is 9.59 Å². The van der Waals surface area contributed by atoms with E-state index in [4.69, 9.17) is 5.73 Å². The molecule has 0 aliphatic carbocycles. The third kappa shape index (κ3) is 3.37. The zero-order valence-electron chi connectivity index (χ0n) is 10.1. The third-order valence-corrected chi connectivity index (χ3v) is 2.14. The maximum Gasteiger partial charge on any atom is 0.335 e. The van der Waals surface area contributed by atoms with E-state index in [0.717, 1.165) is 5.56 Å². The smallest absolute Gasteiger partial charge is 0.335 e. The van der Waals surface area contributed by atoms with Gasteiger partial charge in [-0.25, -0.2) is 10.2 Å². The lowest BCUT2D eigenvalue weighted by molar-refractivity contribution is 0.0933. The molecule has 6 heteroatoms. The lowest BCUT2D eigenvalue weighted by Gasteiger charge is -2.13. The van der Waals surface area contributed by atoms with Crippen molar-refractivity contribution in [2.75, 3.05) is 19.8 Å². The van der Waals surface area contributed by atoms with Crippen molar-refractivity contribution in [3.05, 3.63) is 29.3 Å². The number of hydrogen-bond donors (Lipinski definition) is 3. The number of nitrogen functional groups attached to an aromatic ring is 1. The zero-order valence-corrected chi connectivity index (χ0v) is 10.1. The van der Waals surface area contributed by atoms with Crippen LogP contribution in [0.3, 0.4) is 0 Å². The maximum absolute atomic E-state index is 11.7. The fourth-order valence-electron chi connectivity index (χ4n) is 1.16. The molecule has 0 atom stereocenters. The molecule has 4 N–H and O–H groups in total. The van der Waals surface area contributed by atoms with E-state index < -0.39 is 11.9 Å². The molecule has 0 aromatic heterocycles. The lowest BCUT2D eigenvalue weighted by Crippen LogP contribution is -2.46. The first-order chi connectivity index (χ1) is 7.91. The molecule has 0 bridgehead atoms. The van der Waals surface area contributed by atoms with E-state index >= 15 is 0 Å². The third-order valence-electron chi connectivity index (χ3n) is 2.14. The van der Waals surface area contributed by atoms with Crippen LogP contribution in [0.5, 0.6) is 0 Å². The summed E-state index contributed by atoms with van der Waals surface area (Å²) < 4.78 is 0. The minimum Gasteiger partial charge on any atom is -0.398 e. The Labute approximate surface area is 99.7 Å². The maximum atomic E-state index is 11.7. The van der Waals surface area contributed by atoms with Gasteiger partial charge in [0.1, 0.15) is 0 Å². The van der Waals surface area contributed by atoms with Crippen LogP contribution >= 0.6 is 0 Å². The molecular weight excluding hydrogens is 220 g/mol. The molecule has 0 heterocycles. The van der Waals surface area contributed by atoms with E-state index in [1.807, 2.05) is 13.0 Å². The first-order valence-corrected chi connectivity index (χ1v) is 5.05. The Balaban J connectivity index is 2.70. The molecule has 0 saturated heterocycles. The first kappa shape index (κ1) is 12.8. The van der Waals surface area contributed by atoms with Crippen LogP contribution in [-0.4, -0.2) is 30.9 Å². The molecule has 1 aromatic carbocycles. The molecule has 0 radical (unpaired) electrons. The Hall–Kier alpha value is -2.24. The predicted molar refractivity (Wildman–Crippen MR) is 65.3 cm³/mol. The second-order valence-electron chi connectivity index (χ2n) is 3.87. The lowest BCUT2D eigenvalue weighted by atomic mass is 10.1. The Morgan fingerprint density at radius 2 is 1.88 bits per heavy atom. The standard InChI is InChI=1S/C11H16N4O2/c1-7-4-5-9(12)8(6-7)10(16)13-14-11(17)15(2)3/h4-6H,12H2,1-3H3,(H,13,16)(H,14,17). The van der Waals surface area contributed by atoms with E-state index in [2.05, 4.69) is 10.9 Å². The van der Waals surface area contributed by atoms with Crippen LogP contribution in [0.1, 0.15) is 15.9 Å². The molecule has 6 nitrogen and oxygen atoms in total. The highest BCUT2D eigenvalue weighted by molar-refractivity contribution is 5.99. The van der Waals surface area contributed by atoms with Gasteiger partial charge in [0.15, 0.2) is 0 Å². The number of urea groups is 1. The van der Waals surface area contributed by atoms with Gasteiger partial charge in [0, 0.05) is 19.8 Å². The van der Waals surface area contributed by atoms with Crippen molar-refractivity contribution in [2.45, 2.75) is 6.92 Å². The van der Waals surface area contributed by atoms with Gasteiger partial charge in [0.25, 0.3) is 5.91 Å². The number of amides is 3. The molecule has 92 valence electrons. The SMILES string of the molecule is Cc1ccc(N)c(C(=O)NNC(=O)N(C)C)c1. The molecule has 1 aromatic rings. The summed E-state index contributed by atoms with van der Waals surface area (Å²) in [6.45, 7) is 1.86. The van der Waals surface area contributed by atoms with Crippen LogP contribution in [0.2, 0.25) is 0 Å². The highest BCUT2D eigenvalue weighted by Gasteiger charge is 2.11. The second-order valence-corrected chi connectivity index (χ2v) is 3.87. The molecule has 0 spiro atoms. The summed E-state index contributed by atoms with van der Waals surface area (Å²) in [7, 11) is 3.14. The van der Waals surface area contributed by atoms with E-state index in [0.29, 0.717) is 11.3 Å². The number of rotatable bonds is 1. The van der Waals surface area contributed by atoms with Crippen molar-refractivity contribution in [3.63, 3.8) is 0 Å². The summed E-state index contributed by atoms with van der Waals surface area (Å²) in [6, 6.07) is 4.71. The second kappa shape index (κ2) is 5.20. The Kier molecular flexibility index (Phi) is 3.92. The number of nitrogens with zero attached hydrogens (tertiary/aromatic N) is 1. The van der Waals surface area contributed by atoms with Gasteiger partial charge in [0.05, 0.1) is 5.56 Å². The number of nitrogens with two attached hydrogens (primary N) is 1. The fourth-order valence-corrected chi connectivity index (χ4v) is 1.16. The first-order valence-electron chi connectivity index (χ1n) is 5.05. The molecule has 0 aliphatic heterocycles. The number of nitrogens with one attached hydrogen (secondary N) is 2. The number of anilines is 1. The van der Waals surface area contributed by atoms with Gasteiger partial charge in [-0.05, 0) is 19.1 Å². The molecule has 0 saturated carbocycles. The normalized spacial score (nSPS) is 9.59. The Morgan fingerprint density at radius 1 is 1.24 bits per heavy atom. The zero-order chi connectivity index (χ0) is 13.0. The van der Waals surface area contributed by atoms with Crippen LogP contribution < -0.4 is 16.6 Å². The minimum atomic E-state index is -0.443. The van der Waals surface area contributed by atoms with Crippen molar-refractivity contribution in [3.8, 4) is 0 Å². The van der Waals surface area contributed by atoms with Crippen LogP contribution in [0.4, 0.5) is 10.5 Å². The molecule has 1 rings (SSSR count). The Morgan fingerprint density at radius 3 is 2.47 bits per heavy atom. The number of hydrazine groups is 1. The number of benzene rings is 1. The van der Waals surface area contributed by atoms with E-state index in [-0.39, 0.29) is 0 Å². The Bertz CT molecular complexity index is 443. The molecule has 0 fully saturated rings. The van der Waals surface area contributed by atoms with Gasteiger partial charge >= 0.3 is 6.03 Å². The predicted octanol–water partition coefficient (Wildman–Crippen LogP) is 0.493. The molecule has 0 unspecified atom stereocenters. The quantitative estimate of drug-likeness (QED) is 0.490. The molecule has 0 aliphatic rings. The van der Waals surface area contributed by atoms with Crippen molar-refractivity contribution in [2.24, 2.45) is 0 Å². The van der Waals surface area contributed by atoms with Gasteiger partial charge < -0.3 is 10.6 Å². The summed E-state index contributed by atoms with van der Waals surface area (Å²) in [5.74, 6) is -0.443. The van der Waals surface area contributed by atoms with Gasteiger partial charge in [0.2, 0.25) is 0 Å². The van der Waals surface area contributed by atoms with Crippen LogP contribution in [0, 0.1) is 6.92 Å². The van der Waals surface area contributed by atoms with Gasteiger partial charge in [-0.2, -0.15) is 0 Å². The average molecular weight is 236 g/mol. The van der Waals surface area contributed by atoms with Crippen molar-refractivity contribution in [1.29, 1.82) is 0 Å². The van der Waals surface area contributed by atoms with Gasteiger partial charge in [-0.1, -0.05) is 11.6 Å². The van der Waals surface area contributed by atoms with Crippen molar-refractivity contribution >= 4 is 17.6 Å². The highest BCUT2D eigenvalue weighted by atomic mass is 16.2. The largest absolute Gasteiger partial charge is 0.398 e. The molecule has 17 heavy (non-hydrogen) atoms. The highest BCUT2D eigenvalue weighted by Crippen LogP contribution is 2.12. The monoisotopic (exact) mass is 236 g/mol. The topological polar surface area (TPSA) is 87.5 Å². The summed E-state index contributed by atoms with van der Waals surface area (Å²) >= 11 is 0. The van der Waals surface area contributed by atoms with Crippen molar-refractivity contribution in [1.82, 2.24) is 15.8 Å². The molecule has 3 amide bonds. The summed E-state index contributed by atoms with van der Waals surface area (Å²) in [5, 5.41) is 0. The van der Waals surface area contributed by atoms with Gasteiger partial charge in [-0.15, -0.1) is 0 Å². The van der Waals surface area contributed by atoms with E-state index in [1.165, 1.54) is 4.90 Å². The summed E-state index contributed by atoms with van der Waals surface area (Å²) in [5.41, 5.74) is 11.8. The summed E-state index contributed by atoms with van der Waals surface area (Å²) in [6.07, 6.45) is 0. The number of carbonyl (C=O) groups excluding carboxylic acids is 2. The number of hydrogen-bond acceptors (Lipinski definition) is 3. The summed E-state index contributed by atoms with van der Waals surface area (Å²) in [4.78, 5) is 24.2. The van der Waals surface area contributed by atoms with Crippen LogP contribution in [0.25, 0.3) is 0 Å². The van der Waals surface area contributed by atoms with Gasteiger partial charge in [-0.3, -0.25) is 10.2 Å². The fraction of sp³-hybridized carbons (Fsp3) is 0.273. The number of carbonyl (C=O) groups is 2. The van der Waals surface area contributed by atoms with E-state index in [1.54, 1.807) is 26.2 Å². The van der Waals surface area contributed by atoms with E-state index in [9.17, 15) is 9.59 Å².